The van der Waals surface area contributed by atoms with Crippen molar-refractivity contribution in [3.8, 4) is 11.3 Å². The number of aromatic nitrogens is 3. The standard InChI is InChI=1S/C14H11N3O4/c1-2-17-6-10(14(19)20)12(18)9-3-4-11(16-13(9)17)8-5-15-21-7-8/h3-7H,2H2,1H3,(H,19,20). The average Bonchev–Trinajstić information content (AvgIpc) is 3.01. The molecule has 0 fully saturated rings. The molecule has 1 N–H and O–H groups in total. The topological polar surface area (TPSA) is 98.2 Å². The second-order valence-corrected chi connectivity index (χ2v) is 4.44. The van der Waals surface area contributed by atoms with Crippen LogP contribution in [0.5, 0.6) is 0 Å². The fraction of sp³-hybridized carbons (Fsp3) is 0.143. The fourth-order valence-electron chi connectivity index (χ4n) is 2.15. The van der Waals surface area contributed by atoms with E-state index in [9.17, 15) is 9.59 Å². The highest BCUT2D eigenvalue weighted by atomic mass is 16.5. The Morgan fingerprint density at radius 2 is 2.24 bits per heavy atom. The second-order valence-electron chi connectivity index (χ2n) is 4.44. The third-order valence-electron chi connectivity index (χ3n) is 3.22. The van der Waals surface area contributed by atoms with Crippen molar-refractivity contribution in [3.05, 3.63) is 46.6 Å². The van der Waals surface area contributed by atoms with Gasteiger partial charge in [-0.1, -0.05) is 5.16 Å². The number of hydrogen-bond acceptors (Lipinski definition) is 5. The zero-order valence-electron chi connectivity index (χ0n) is 11.1. The van der Waals surface area contributed by atoms with E-state index in [0.29, 0.717) is 23.4 Å². The quantitative estimate of drug-likeness (QED) is 0.787. The first-order chi connectivity index (χ1) is 10.1. The maximum absolute atomic E-state index is 12.2. The summed E-state index contributed by atoms with van der Waals surface area (Å²) in [6, 6.07) is 3.22. The van der Waals surface area contributed by atoms with Crippen molar-refractivity contribution in [2.75, 3.05) is 0 Å². The van der Waals surface area contributed by atoms with Gasteiger partial charge in [-0.15, -0.1) is 0 Å². The van der Waals surface area contributed by atoms with E-state index in [4.69, 9.17) is 9.63 Å². The highest BCUT2D eigenvalue weighted by molar-refractivity contribution is 5.92. The van der Waals surface area contributed by atoms with Crippen molar-refractivity contribution in [2.24, 2.45) is 0 Å². The van der Waals surface area contributed by atoms with Crippen LogP contribution in [0.3, 0.4) is 0 Å². The van der Waals surface area contributed by atoms with Crippen molar-refractivity contribution in [3.63, 3.8) is 0 Å². The number of carboxylic acids is 1. The van der Waals surface area contributed by atoms with Crippen molar-refractivity contribution >= 4 is 17.0 Å². The molecule has 7 heteroatoms. The van der Waals surface area contributed by atoms with Gasteiger partial charge < -0.3 is 14.2 Å². The molecule has 0 amide bonds. The maximum Gasteiger partial charge on any atom is 0.341 e. The van der Waals surface area contributed by atoms with Gasteiger partial charge in [0, 0.05) is 12.7 Å². The van der Waals surface area contributed by atoms with E-state index in [-0.39, 0.29) is 10.9 Å². The van der Waals surface area contributed by atoms with Crippen LogP contribution in [0, 0.1) is 0 Å². The summed E-state index contributed by atoms with van der Waals surface area (Å²) in [5, 5.41) is 13.0. The summed E-state index contributed by atoms with van der Waals surface area (Å²) in [4.78, 5) is 27.7. The highest BCUT2D eigenvalue weighted by Gasteiger charge is 2.15. The number of hydrogen-bond donors (Lipinski definition) is 1. The zero-order valence-corrected chi connectivity index (χ0v) is 11.1. The van der Waals surface area contributed by atoms with Gasteiger partial charge >= 0.3 is 5.97 Å². The predicted octanol–water partition coefficient (Wildman–Crippen LogP) is 1.77. The maximum atomic E-state index is 12.2. The highest BCUT2D eigenvalue weighted by Crippen LogP contribution is 2.19. The molecule has 0 aliphatic carbocycles. The third kappa shape index (κ3) is 2.08. The molecule has 106 valence electrons. The molecule has 0 aromatic carbocycles. The Morgan fingerprint density at radius 3 is 2.86 bits per heavy atom. The molecule has 3 aromatic rings. The first-order valence-electron chi connectivity index (χ1n) is 6.29. The lowest BCUT2D eigenvalue weighted by atomic mass is 10.1. The lowest BCUT2D eigenvalue weighted by Gasteiger charge is -2.09. The number of rotatable bonds is 3. The summed E-state index contributed by atoms with van der Waals surface area (Å²) in [5.74, 6) is -1.24. The number of nitrogens with zero attached hydrogens (tertiary/aromatic N) is 3. The Kier molecular flexibility index (Phi) is 3.02. The molecule has 0 bridgehead atoms. The number of carboxylic acid groups (broad SMARTS) is 1. The van der Waals surface area contributed by atoms with Gasteiger partial charge in [-0.2, -0.15) is 0 Å². The Bertz CT molecular complexity index is 881. The summed E-state index contributed by atoms with van der Waals surface area (Å²) >= 11 is 0. The number of aromatic carboxylic acids is 1. The van der Waals surface area contributed by atoms with Crippen LogP contribution in [0.15, 0.2) is 40.1 Å². The van der Waals surface area contributed by atoms with Crippen molar-refractivity contribution in [2.45, 2.75) is 13.5 Å². The lowest BCUT2D eigenvalue weighted by molar-refractivity contribution is 0.0695. The minimum absolute atomic E-state index is 0.260. The summed E-state index contributed by atoms with van der Waals surface area (Å²) in [5.41, 5.74) is 0.935. The van der Waals surface area contributed by atoms with Crippen LogP contribution in [-0.4, -0.2) is 25.8 Å². The zero-order chi connectivity index (χ0) is 15.0. The molecule has 0 spiro atoms. The van der Waals surface area contributed by atoms with Crippen molar-refractivity contribution in [1.82, 2.24) is 14.7 Å². The van der Waals surface area contributed by atoms with Crippen LogP contribution in [0.4, 0.5) is 0 Å². The van der Waals surface area contributed by atoms with Gasteiger partial charge in [-0.05, 0) is 19.1 Å². The molecule has 21 heavy (non-hydrogen) atoms. The summed E-state index contributed by atoms with van der Waals surface area (Å²) < 4.78 is 6.41. The van der Waals surface area contributed by atoms with Crippen molar-refractivity contribution < 1.29 is 14.4 Å². The van der Waals surface area contributed by atoms with Gasteiger partial charge in [0.15, 0.2) is 0 Å². The van der Waals surface area contributed by atoms with Gasteiger partial charge in [0.05, 0.1) is 22.8 Å². The first kappa shape index (κ1) is 13.0. The predicted molar refractivity (Wildman–Crippen MR) is 74.1 cm³/mol. The molecular weight excluding hydrogens is 274 g/mol. The van der Waals surface area contributed by atoms with Gasteiger partial charge in [0.1, 0.15) is 17.5 Å². The van der Waals surface area contributed by atoms with Crippen LogP contribution >= 0.6 is 0 Å². The number of aryl methyl sites for hydroxylation is 1. The molecule has 0 aliphatic rings. The van der Waals surface area contributed by atoms with E-state index in [1.54, 1.807) is 16.7 Å². The second kappa shape index (κ2) is 4.86. The van der Waals surface area contributed by atoms with E-state index in [1.165, 1.54) is 18.7 Å². The van der Waals surface area contributed by atoms with Crippen LogP contribution in [0.25, 0.3) is 22.3 Å². The SMILES string of the molecule is CCn1cc(C(=O)O)c(=O)c2ccc(-c3cnoc3)nc21. The van der Waals surface area contributed by atoms with E-state index < -0.39 is 11.4 Å². The van der Waals surface area contributed by atoms with E-state index in [1.807, 2.05) is 6.92 Å². The molecule has 0 radical (unpaired) electrons. The van der Waals surface area contributed by atoms with Crippen molar-refractivity contribution in [1.29, 1.82) is 0 Å². The van der Waals surface area contributed by atoms with Crippen LogP contribution in [0.2, 0.25) is 0 Å². The Labute approximate surface area is 118 Å². The monoisotopic (exact) mass is 285 g/mol. The molecule has 0 atom stereocenters. The first-order valence-corrected chi connectivity index (χ1v) is 6.29. The minimum Gasteiger partial charge on any atom is -0.477 e. The fourth-order valence-corrected chi connectivity index (χ4v) is 2.15. The minimum atomic E-state index is -1.24. The Hall–Kier alpha value is -2.96. The van der Waals surface area contributed by atoms with Crippen LogP contribution in [-0.2, 0) is 6.54 Å². The molecule has 3 aromatic heterocycles. The Balaban J connectivity index is 2.34. The van der Waals surface area contributed by atoms with Crippen LogP contribution < -0.4 is 5.43 Å². The molecule has 3 rings (SSSR count). The summed E-state index contributed by atoms with van der Waals surface area (Å²) in [6.45, 7) is 2.35. The number of carbonyl (C=O) groups is 1. The molecule has 0 aliphatic heterocycles. The lowest BCUT2D eigenvalue weighted by Crippen LogP contribution is -2.19. The number of fused-ring (bicyclic) bond motifs is 1. The van der Waals surface area contributed by atoms with Gasteiger partial charge in [0.2, 0.25) is 5.43 Å². The molecule has 0 saturated heterocycles. The molecule has 0 unspecified atom stereocenters. The third-order valence-corrected chi connectivity index (χ3v) is 3.22. The van der Waals surface area contributed by atoms with E-state index in [2.05, 4.69) is 10.1 Å². The van der Waals surface area contributed by atoms with Gasteiger partial charge in [0.25, 0.3) is 0 Å². The van der Waals surface area contributed by atoms with Gasteiger partial charge in [-0.25, -0.2) is 9.78 Å². The Morgan fingerprint density at radius 1 is 1.43 bits per heavy atom. The summed E-state index contributed by atoms with van der Waals surface area (Å²) in [6.07, 6.45) is 4.29. The number of pyridine rings is 2. The van der Waals surface area contributed by atoms with Gasteiger partial charge in [-0.3, -0.25) is 4.79 Å². The molecule has 7 nitrogen and oxygen atoms in total. The average molecular weight is 285 g/mol. The normalized spacial score (nSPS) is 10.9. The van der Waals surface area contributed by atoms with Crippen LogP contribution in [0.1, 0.15) is 17.3 Å². The summed E-state index contributed by atoms with van der Waals surface area (Å²) in [7, 11) is 0. The van der Waals surface area contributed by atoms with E-state index >= 15 is 0 Å². The van der Waals surface area contributed by atoms with E-state index in [0.717, 1.165) is 0 Å². The smallest absolute Gasteiger partial charge is 0.341 e. The molecule has 0 saturated carbocycles. The largest absolute Gasteiger partial charge is 0.477 e. The molecular formula is C14H11N3O4. The molecule has 3 heterocycles.